The van der Waals surface area contributed by atoms with E-state index >= 15 is 0 Å². The monoisotopic (exact) mass is 347 g/mol. The second-order valence-electron chi connectivity index (χ2n) is 5.71. The molecule has 0 fully saturated rings. The van der Waals surface area contributed by atoms with Gasteiger partial charge < -0.3 is 4.74 Å². The van der Waals surface area contributed by atoms with E-state index < -0.39 is 0 Å². The summed E-state index contributed by atoms with van der Waals surface area (Å²) in [5, 5.41) is 17.1. The van der Waals surface area contributed by atoms with Gasteiger partial charge in [-0.15, -0.1) is 0 Å². The largest absolute Gasteiger partial charge is 0.463 e. The lowest BCUT2D eigenvalue weighted by molar-refractivity contribution is -0.137. The first kappa shape index (κ1) is 19.1. The SMILES string of the molecule is C=CC(=O)OCCCCCc1ccc(N=Nc2ccc(C#N)cc2)cc1. The number of aryl methyl sites for hydroxylation is 1. The van der Waals surface area contributed by atoms with E-state index in [1.165, 1.54) is 11.6 Å². The third-order valence-electron chi connectivity index (χ3n) is 3.73. The van der Waals surface area contributed by atoms with Crippen LogP contribution < -0.4 is 0 Å². The van der Waals surface area contributed by atoms with E-state index in [2.05, 4.69) is 22.9 Å². The maximum atomic E-state index is 10.9. The smallest absolute Gasteiger partial charge is 0.330 e. The highest BCUT2D eigenvalue weighted by Gasteiger charge is 1.98. The number of esters is 1. The molecule has 132 valence electrons. The predicted octanol–water partition coefficient (Wildman–Crippen LogP) is 5.42. The maximum Gasteiger partial charge on any atom is 0.330 e. The van der Waals surface area contributed by atoms with Gasteiger partial charge in [-0.2, -0.15) is 15.5 Å². The van der Waals surface area contributed by atoms with Gasteiger partial charge in [-0.05, 0) is 67.6 Å². The van der Waals surface area contributed by atoms with E-state index in [-0.39, 0.29) is 5.97 Å². The minimum atomic E-state index is -0.365. The molecule has 0 radical (unpaired) electrons. The highest BCUT2D eigenvalue weighted by molar-refractivity contribution is 5.81. The average Bonchev–Trinajstić information content (AvgIpc) is 2.70. The number of rotatable bonds is 9. The van der Waals surface area contributed by atoms with Crippen LogP contribution in [0.1, 0.15) is 30.4 Å². The molecular weight excluding hydrogens is 326 g/mol. The van der Waals surface area contributed by atoms with Gasteiger partial charge in [0.25, 0.3) is 0 Å². The Morgan fingerprint density at radius 2 is 1.62 bits per heavy atom. The lowest BCUT2D eigenvalue weighted by Crippen LogP contribution is -2.01. The first-order valence-electron chi connectivity index (χ1n) is 8.51. The van der Waals surface area contributed by atoms with E-state index in [1.54, 1.807) is 24.3 Å². The van der Waals surface area contributed by atoms with Gasteiger partial charge in [0.1, 0.15) is 0 Å². The van der Waals surface area contributed by atoms with Gasteiger partial charge in [-0.25, -0.2) is 4.79 Å². The van der Waals surface area contributed by atoms with Crippen LogP contribution in [-0.4, -0.2) is 12.6 Å². The van der Waals surface area contributed by atoms with Crippen molar-refractivity contribution in [3.05, 3.63) is 72.3 Å². The van der Waals surface area contributed by atoms with Crippen molar-refractivity contribution < 1.29 is 9.53 Å². The molecule has 0 bridgehead atoms. The topological polar surface area (TPSA) is 74.8 Å². The Hall–Kier alpha value is -3.26. The van der Waals surface area contributed by atoms with Gasteiger partial charge in [0.15, 0.2) is 0 Å². The molecule has 0 saturated heterocycles. The van der Waals surface area contributed by atoms with E-state index in [0.29, 0.717) is 17.9 Å². The number of azo groups is 1. The lowest BCUT2D eigenvalue weighted by atomic mass is 10.1. The van der Waals surface area contributed by atoms with Crippen molar-refractivity contribution in [3.8, 4) is 6.07 Å². The van der Waals surface area contributed by atoms with Crippen LogP contribution in [0.4, 0.5) is 11.4 Å². The molecule has 5 heteroatoms. The maximum absolute atomic E-state index is 10.9. The Morgan fingerprint density at radius 1 is 1.00 bits per heavy atom. The lowest BCUT2D eigenvalue weighted by Gasteiger charge is -2.03. The fraction of sp³-hybridized carbons (Fsp3) is 0.238. The van der Waals surface area contributed by atoms with Gasteiger partial charge in [0.2, 0.25) is 0 Å². The van der Waals surface area contributed by atoms with Crippen molar-refractivity contribution in [2.24, 2.45) is 10.2 Å². The first-order valence-corrected chi connectivity index (χ1v) is 8.51. The molecule has 0 atom stereocenters. The fourth-order valence-corrected chi connectivity index (χ4v) is 2.29. The predicted molar refractivity (Wildman–Crippen MR) is 100 cm³/mol. The van der Waals surface area contributed by atoms with Crippen LogP contribution >= 0.6 is 0 Å². The molecule has 2 aromatic carbocycles. The second-order valence-corrected chi connectivity index (χ2v) is 5.71. The number of nitrogens with zero attached hydrogens (tertiary/aromatic N) is 3. The summed E-state index contributed by atoms with van der Waals surface area (Å²) in [6.07, 6.45) is 5.06. The van der Waals surface area contributed by atoms with Crippen LogP contribution in [0.3, 0.4) is 0 Å². The summed E-state index contributed by atoms with van der Waals surface area (Å²) in [6.45, 7) is 3.80. The molecule has 26 heavy (non-hydrogen) atoms. The zero-order valence-corrected chi connectivity index (χ0v) is 14.6. The molecule has 0 N–H and O–H groups in total. The van der Waals surface area contributed by atoms with Crippen molar-refractivity contribution in [2.45, 2.75) is 25.7 Å². The quantitative estimate of drug-likeness (QED) is 0.263. The van der Waals surface area contributed by atoms with Crippen molar-refractivity contribution >= 4 is 17.3 Å². The molecule has 2 rings (SSSR count). The second kappa shape index (κ2) is 10.6. The van der Waals surface area contributed by atoms with E-state index in [4.69, 9.17) is 10.00 Å². The number of ether oxygens (including phenoxy) is 1. The Bertz CT molecular complexity index is 788. The number of hydrogen-bond acceptors (Lipinski definition) is 5. The number of nitriles is 1. The Balaban J connectivity index is 1.73. The molecule has 0 saturated carbocycles. The summed E-state index contributed by atoms with van der Waals surface area (Å²) in [5.74, 6) is -0.365. The summed E-state index contributed by atoms with van der Waals surface area (Å²) < 4.78 is 4.94. The third kappa shape index (κ3) is 6.70. The molecule has 0 aliphatic carbocycles. The Morgan fingerprint density at radius 3 is 2.19 bits per heavy atom. The molecule has 0 aromatic heterocycles. The zero-order chi connectivity index (χ0) is 18.6. The van der Waals surface area contributed by atoms with Gasteiger partial charge >= 0.3 is 5.97 Å². The normalized spacial score (nSPS) is 10.4. The van der Waals surface area contributed by atoms with Crippen LogP contribution in [-0.2, 0) is 16.0 Å². The molecule has 0 amide bonds. The zero-order valence-electron chi connectivity index (χ0n) is 14.6. The van der Waals surface area contributed by atoms with Gasteiger partial charge in [0, 0.05) is 6.08 Å². The Kier molecular flexibility index (Phi) is 7.75. The number of carbonyl (C=O) groups excluding carboxylic acids is 1. The van der Waals surface area contributed by atoms with E-state index in [9.17, 15) is 4.79 Å². The molecule has 0 spiro atoms. The van der Waals surface area contributed by atoms with E-state index in [1.807, 2.05) is 24.3 Å². The van der Waals surface area contributed by atoms with Crippen molar-refractivity contribution in [2.75, 3.05) is 6.61 Å². The highest BCUT2D eigenvalue weighted by Crippen LogP contribution is 2.19. The van der Waals surface area contributed by atoms with Crippen LogP contribution in [0.25, 0.3) is 0 Å². The summed E-state index contributed by atoms with van der Waals surface area (Å²) in [4.78, 5) is 10.9. The number of hydrogen-bond donors (Lipinski definition) is 0. The summed E-state index contributed by atoms with van der Waals surface area (Å²) >= 11 is 0. The van der Waals surface area contributed by atoms with Crippen LogP contribution in [0.2, 0.25) is 0 Å². The average molecular weight is 347 g/mol. The summed E-state index contributed by atoms with van der Waals surface area (Å²) in [6, 6.07) is 17.0. The van der Waals surface area contributed by atoms with Crippen LogP contribution in [0.15, 0.2) is 71.4 Å². The first-order chi connectivity index (χ1) is 12.7. The molecule has 2 aromatic rings. The molecular formula is C21H21N3O2. The Labute approximate surface area is 153 Å². The van der Waals surface area contributed by atoms with Crippen molar-refractivity contribution in [1.82, 2.24) is 0 Å². The number of carbonyl (C=O) groups is 1. The van der Waals surface area contributed by atoms with Gasteiger partial charge in [-0.1, -0.05) is 18.7 Å². The highest BCUT2D eigenvalue weighted by atomic mass is 16.5. The van der Waals surface area contributed by atoms with E-state index in [0.717, 1.165) is 31.4 Å². The minimum Gasteiger partial charge on any atom is -0.463 e. The molecule has 5 nitrogen and oxygen atoms in total. The van der Waals surface area contributed by atoms with Crippen molar-refractivity contribution in [3.63, 3.8) is 0 Å². The molecule has 0 aliphatic rings. The summed E-state index contributed by atoms with van der Waals surface area (Å²) in [5.41, 5.74) is 3.34. The molecule has 0 aliphatic heterocycles. The minimum absolute atomic E-state index is 0.365. The molecule has 0 heterocycles. The van der Waals surface area contributed by atoms with Crippen molar-refractivity contribution in [1.29, 1.82) is 5.26 Å². The van der Waals surface area contributed by atoms with Crippen LogP contribution in [0.5, 0.6) is 0 Å². The molecule has 0 unspecified atom stereocenters. The summed E-state index contributed by atoms with van der Waals surface area (Å²) in [7, 11) is 0. The third-order valence-corrected chi connectivity index (χ3v) is 3.73. The van der Waals surface area contributed by atoms with Gasteiger partial charge in [-0.3, -0.25) is 0 Å². The van der Waals surface area contributed by atoms with Gasteiger partial charge in [0.05, 0.1) is 29.6 Å². The number of benzene rings is 2. The number of unbranched alkanes of at least 4 members (excludes halogenated alkanes) is 2. The standard InChI is InChI=1S/C21H21N3O2/c1-2-21(25)26-15-5-3-4-6-17-7-11-19(12-8-17)23-24-20-13-9-18(16-22)10-14-20/h2,7-14H,1,3-6,15H2. The fourth-order valence-electron chi connectivity index (χ4n) is 2.29. The van der Waals surface area contributed by atoms with Crippen LogP contribution in [0, 0.1) is 11.3 Å².